The number of amides is 1. The summed E-state index contributed by atoms with van der Waals surface area (Å²) in [4.78, 5) is 39.5. The Labute approximate surface area is 169 Å². The second kappa shape index (κ2) is 9.99. The largest absolute Gasteiger partial charge is 0.462 e. The van der Waals surface area contributed by atoms with Crippen LogP contribution in [-0.2, 0) is 19.0 Å². The summed E-state index contributed by atoms with van der Waals surface area (Å²) in [6, 6.07) is 0.117. The molecule has 0 aromatic carbocycles. The van der Waals surface area contributed by atoms with E-state index in [4.69, 9.17) is 14.2 Å². The monoisotopic (exact) mass is 412 g/mol. The van der Waals surface area contributed by atoms with Crippen LogP contribution >= 0.6 is 11.3 Å². The molecule has 2 heterocycles. The number of hydrogen-bond donors (Lipinski definition) is 1. The van der Waals surface area contributed by atoms with E-state index in [2.05, 4.69) is 5.32 Å². The van der Waals surface area contributed by atoms with Crippen molar-refractivity contribution in [3.8, 4) is 0 Å². The molecule has 1 saturated heterocycles. The highest BCUT2D eigenvalue weighted by molar-refractivity contribution is 7.18. The average Bonchev–Trinajstić information content (AvgIpc) is 2.94. The van der Waals surface area contributed by atoms with Crippen LogP contribution in [0.1, 0.15) is 53.3 Å². The molecule has 2 rings (SSSR count). The Balaban J connectivity index is 2.22. The Morgan fingerprint density at radius 3 is 2.46 bits per heavy atom. The minimum absolute atomic E-state index is 0.0542. The molecule has 0 spiro atoms. The lowest BCUT2D eigenvalue weighted by molar-refractivity contribution is -0.121. The molecule has 0 aliphatic carbocycles. The summed E-state index contributed by atoms with van der Waals surface area (Å²) in [6.07, 6.45) is 0.0542. The number of carbonyl (C=O) groups excluding carboxylic acids is 3. The van der Waals surface area contributed by atoms with Gasteiger partial charge in [-0.05, 0) is 40.2 Å². The van der Waals surface area contributed by atoms with Gasteiger partial charge in [0.25, 0.3) is 0 Å². The second-order valence-electron chi connectivity index (χ2n) is 6.67. The number of esters is 2. The highest BCUT2D eigenvalue weighted by Gasteiger charge is 2.29. The molecule has 0 saturated carbocycles. The number of nitrogens with one attached hydrogen (secondary N) is 1. The number of nitrogens with zero attached hydrogens (tertiary/aromatic N) is 1. The Morgan fingerprint density at radius 1 is 1.18 bits per heavy atom. The number of morpholine rings is 1. The molecule has 1 aromatic heterocycles. The number of anilines is 1. The summed E-state index contributed by atoms with van der Waals surface area (Å²) >= 11 is 1.03. The minimum Gasteiger partial charge on any atom is -0.462 e. The first kappa shape index (κ1) is 22.3. The van der Waals surface area contributed by atoms with Gasteiger partial charge in [-0.1, -0.05) is 0 Å². The Bertz CT molecular complexity index is 732. The maximum absolute atomic E-state index is 12.6. The molecule has 1 aliphatic heterocycles. The summed E-state index contributed by atoms with van der Waals surface area (Å²) in [7, 11) is 0. The topological polar surface area (TPSA) is 94.2 Å². The van der Waals surface area contributed by atoms with E-state index in [0.717, 1.165) is 11.3 Å². The highest BCUT2D eigenvalue weighted by Crippen LogP contribution is 2.34. The van der Waals surface area contributed by atoms with Crippen LogP contribution in [0.5, 0.6) is 0 Å². The first-order valence-electron chi connectivity index (χ1n) is 9.41. The zero-order valence-electron chi connectivity index (χ0n) is 17.0. The lowest BCUT2D eigenvalue weighted by Gasteiger charge is -2.36. The summed E-state index contributed by atoms with van der Waals surface area (Å²) in [5, 5.41) is 3.08. The van der Waals surface area contributed by atoms with Crippen molar-refractivity contribution in [2.75, 3.05) is 38.2 Å². The van der Waals surface area contributed by atoms with Gasteiger partial charge in [0.1, 0.15) is 9.88 Å². The molecule has 2 unspecified atom stereocenters. The standard InChI is InChI=1S/C19H28N2O6S/c1-6-25-18(23)15-13(5)16(19(24)26-7-2)28-17(15)20-14(22)9-21-8-12(4)27-10-11(21)3/h11-12H,6-10H2,1-5H3,(H,20,22). The zero-order valence-corrected chi connectivity index (χ0v) is 17.8. The van der Waals surface area contributed by atoms with Crippen LogP contribution in [0.15, 0.2) is 0 Å². The van der Waals surface area contributed by atoms with Gasteiger partial charge in [-0.3, -0.25) is 9.69 Å². The maximum atomic E-state index is 12.6. The minimum atomic E-state index is -0.574. The predicted molar refractivity (Wildman–Crippen MR) is 106 cm³/mol. The van der Waals surface area contributed by atoms with Crippen LogP contribution in [0, 0.1) is 6.92 Å². The van der Waals surface area contributed by atoms with E-state index >= 15 is 0 Å². The molecule has 0 bridgehead atoms. The summed E-state index contributed by atoms with van der Waals surface area (Å²) in [6.45, 7) is 10.8. The number of carbonyl (C=O) groups is 3. The summed E-state index contributed by atoms with van der Waals surface area (Å²) < 4.78 is 15.7. The van der Waals surface area contributed by atoms with E-state index in [1.165, 1.54) is 0 Å². The normalized spacial score (nSPS) is 19.9. The van der Waals surface area contributed by atoms with Gasteiger partial charge in [-0.25, -0.2) is 9.59 Å². The fourth-order valence-electron chi connectivity index (χ4n) is 2.98. The lowest BCUT2D eigenvalue weighted by Crippen LogP contribution is -2.50. The third-order valence-corrected chi connectivity index (χ3v) is 5.61. The SMILES string of the molecule is CCOC(=O)c1sc(NC(=O)CN2CC(C)OCC2C)c(C(=O)OCC)c1C. The van der Waals surface area contributed by atoms with Crippen LogP contribution in [0.25, 0.3) is 0 Å². The van der Waals surface area contributed by atoms with Crippen molar-refractivity contribution in [2.24, 2.45) is 0 Å². The van der Waals surface area contributed by atoms with E-state index < -0.39 is 11.9 Å². The van der Waals surface area contributed by atoms with Crippen molar-refractivity contribution in [1.29, 1.82) is 0 Å². The van der Waals surface area contributed by atoms with Gasteiger partial charge in [0.15, 0.2) is 0 Å². The molecule has 1 aromatic rings. The molecular weight excluding hydrogens is 384 g/mol. The fourth-order valence-corrected chi connectivity index (χ4v) is 4.09. The van der Waals surface area contributed by atoms with E-state index in [9.17, 15) is 14.4 Å². The van der Waals surface area contributed by atoms with Crippen molar-refractivity contribution in [2.45, 2.75) is 46.8 Å². The zero-order chi connectivity index (χ0) is 20.8. The van der Waals surface area contributed by atoms with E-state index in [-0.39, 0.29) is 48.3 Å². The predicted octanol–water partition coefficient (Wildman–Crippen LogP) is 2.46. The van der Waals surface area contributed by atoms with Crippen molar-refractivity contribution in [1.82, 2.24) is 4.90 Å². The summed E-state index contributed by atoms with van der Waals surface area (Å²) in [5.74, 6) is -1.36. The number of thiophene rings is 1. The lowest BCUT2D eigenvalue weighted by atomic mass is 10.1. The molecule has 1 N–H and O–H groups in total. The number of rotatable bonds is 7. The van der Waals surface area contributed by atoms with Crippen molar-refractivity contribution < 1.29 is 28.6 Å². The van der Waals surface area contributed by atoms with Gasteiger partial charge in [0.2, 0.25) is 5.91 Å². The Kier molecular flexibility index (Phi) is 7.97. The third kappa shape index (κ3) is 5.30. The second-order valence-corrected chi connectivity index (χ2v) is 7.69. The Morgan fingerprint density at radius 2 is 1.82 bits per heavy atom. The van der Waals surface area contributed by atoms with E-state index in [1.54, 1.807) is 20.8 Å². The molecule has 1 amide bonds. The highest BCUT2D eigenvalue weighted by atomic mass is 32.1. The molecule has 156 valence electrons. The van der Waals surface area contributed by atoms with Crippen molar-refractivity contribution in [3.05, 3.63) is 16.0 Å². The van der Waals surface area contributed by atoms with Gasteiger partial charge in [-0.2, -0.15) is 0 Å². The van der Waals surface area contributed by atoms with Gasteiger partial charge < -0.3 is 19.5 Å². The smallest absolute Gasteiger partial charge is 0.348 e. The van der Waals surface area contributed by atoms with Crippen molar-refractivity contribution >= 4 is 34.2 Å². The maximum Gasteiger partial charge on any atom is 0.348 e. The van der Waals surface area contributed by atoms with Gasteiger partial charge >= 0.3 is 11.9 Å². The molecular formula is C19H28N2O6S. The number of ether oxygens (including phenoxy) is 3. The average molecular weight is 413 g/mol. The third-order valence-electron chi connectivity index (χ3n) is 4.42. The molecule has 1 aliphatic rings. The molecule has 2 atom stereocenters. The van der Waals surface area contributed by atoms with Crippen LogP contribution in [0.4, 0.5) is 5.00 Å². The van der Waals surface area contributed by atoms with Crippen LogP contribution < -0.4 is 5.32 Å². The van der Waals surface area contributed by atoms with Crippen LogP contribution in [-0.4, -0.2) is 67.8 Å². The van der Waals surface area contributed by atoms with Gasteiger partial charge in [0.05, 0.1) is 38.0 Å². The van der Waals surface area contributed by atoms with E-state index in [0.29, 0.717) is 23.7 Å². The van der Waals surface area contributed by atoms with Gasteiger partial charge in [-0.15, -0.1) is 11.3 Å². The first-order chi connectivity index (χ1) is 13.3. The van der Waals surface area contributed by atoms with Crippen LogP contribution in [0.3, 0.4) is 0 Å². The van der Waals surface area contributed by atoms with Crippen molar-refractivity contribution in [3.63, 3.8) is 0 Å². The molecule has 1 fully saturated rings. The van der Waals surface area contributed by atoms with Crippen LogP contribution in [0.2, 0.25) is 0 Å². The first-order valence-corrected chi connectivity index (χ1v) is 10.2. The summed E-state index contributed by atoms with van der Waals surface area (Å²) in [5.41, 5.74) is 0.650. The quantitative estimate of drug-likeness (QED) is 0.688. The molecule has 8 nitrogen and oxygen atoms in total. The van der Waals surface area contributed by atoms with E-state index in [1.807, 2.05) is 18.7 Å². The van der Waals surface area contributed by atoms with Gasteiger partial charge in [0, 0.05) is 12.6 Å². The molecule has 0 radical (unpaired) electrons. The Hall–Kier alpha value is -1.97. The molecule has 9 heteroatoms. The molecule has 28 heavy (non-hydrogen) atoms. The number of hydrogen-bond acceptors (Lipinski definition) is 8. The fraction of sp³-hybridized carbons (Fsp3) is 0.632.